The number of amides is 2. The second-order valence-electron chi connectivity index (χ2n) is 12.3. The summed E-state index contributed by atoms with van der Waals surface area (Å²) < 4.78 is 12.5. The molecule has 2 unspecified atom stereocenters. The first-order valence-corrected chi connectivity index (χ1v) is 15.2. The van der Waals surface area contributed by atoms with Crippen LogP contribution >= 0.6 is 15.9 Å². The van der Waals surface area contributed by atoms with E-state index in [4.69, 9.17) is 9.15 Å². The molecule has 0 aliphatic heterocycles. The number of furan rings is 1. The van der Waals surface area contributed by atoms with Gasteiger partial charge >= 0.3 is 6.09 Å². The molecular weight excluding hydrogens is 572 g/mol. The number of para-hydroxylation sites is 1. The van der Waals surface area contributed by atoms with Gasteiger partial charge in [-0.05, 0) is 96.7 Å². The highest BCUT2D eigenvalue weighted by Gasteiger charge is 2.50. The molecule has 0 radical (unpaired) electrons. The molecule has 4 aliphatic carbocycles. The summed E-state index contributed by atoms with van der Waals surface area (Å²) in [4.78, 5) is 27.4. The quantitative estimate of drug-likeness (QED) is 0.286. The zero-order valence-electron chi connectivity index (χ0n) is 22.8. The molecule has 4 fully saturated rings. The molecular formula is C32H37BrN2O5. The van der Waals surface area contributed by atoms with Crippen molar-refractivity contribution in [1.29, 1.82) is 0 Å². The number of hydrogen-bond acceptors (Lipinski definition) is 5. The summed E-state index contributed by atoms with van der Waals surface area (Å²) in [6.07, 6.45) is 5.84. The predicted octanol–water partition coefficient (Wildman–Crippen LogP) is 5.77. The molecule has 2 aromatic carbocycles. The van der Waals surface area contributed by atoms with Crippen LogP contribution in [0.2, 0.25) is 0 Å². The largest absolute Gasteiger partial charge is 0.449 e. The fraction of sp³-hybridized carbons (Fsp3) is 0.500. The van der Waals surface area contributed by atoms with E-state index >= 15 is 0 Å². The summed E-state index contributed by atoms with van der Waals surface area (Å²) in [6.45, 7) is 1.49. The van der Waals surface area contributed by atoms with E-state index in [9.17, 15) is 14.7 Å². The lowest BCUT2D eigenvalue weighted by Crippen LogP contribution is -2.61. The van der Waals surface area contributed by atoms with Crippen molar-refractivity contribution in [2.75, 3.05) is 6.61 Å². The fourth-order valence-corrected chi connectivity index (χ4v) is 8.15. The Morgan fingerprint density at radius 1 is 1.02 bits per heavy atom. The molecule has 8 heteroatoms. The van der Waals surface area contributed by atoms with E-state index in [1.54, 1.807) is 6.92 Å². The van der Waals surface area contributed by atoms with Crippen LogP contribution in [0.4, 0.5) is 4.79 Å². The Balaban J connectivity index is 1.23. The average Bonchev–Trinajstić information content (AvgIpc) is 3.24. The zero-order chi connectivity index (χ0) is 27.9. The number of benzene rings is 2. The minimum atomic E-state index is -1.36. The first kappa shape index (κ1) is 27.3. The third-order valence-electron chi connectivity index (χ3n) is 9.32. The van der Waals surface area contributed by atoms with Gasteiger partial charge in [0.25, 0.3) is 0 Å². The second-order valence-corrected chi connectivity index (χ2v) is 13.0. The van der Waals surface area contributed by atoms with Gasteiger partial charge < -0.3 is 24.9 Å². The van der Waals surface area contributed by atoms with Crippen molar-refractivity contribution in [1.82, 2.24) is 10.6 Å². The van der Waals surface area contributed by atoms with Crippen molar-refractivity contribution in [3.05, 3.63) is 70.4 Å². The minimum absolute atomic E-state index is 0.0927. The van der Waals surface area contributed by atoms with Crippen LogP contribution in [0, 0.1) is 23.7 Å². The highest BCUT2D eigenvalue weighted by molar-refractivity contribution is 9.10. The first-order valence-electron chi connectivity index (χ1n) is 14.4. The number of alkyl carbamates (subject to hydrolysis) is 1. The lowest BCUT2D eigenvalue weighted by Gasteiger charge is -2.53. The summed E-state index contributed by atoms with van der Waals surface area (Å²) in [6, 6.07) is 16.8. The monoisotopic (exact) mass is 608 g/mol. The van der Waals surface area contributed by atoms with Crippen molar-refractivity contribution in [2.45, 2.75) is 69.6 Å². The van der Waals surface area contributed by atoms with E-state index in [-0.39, 0.29) is 25.0 Å². The fourth-order valence-electron chi connectivity index (χ4n) is 7.62. The summed E-state index contributed by atoms with van der Waals surface area (Å²) in [5, 5.41) is 16.9. The molecule has 2 atom stereocenters. The lowest BCUT2D eigenvalue weighted by atomic mass is 9.55. The molecule has 4 bridgehead atoms. The molecule has 4 saturated carbocycles. The number of ether oxygens (including phenoxy) is 1. The van der Waals surface area contributed by atoms with Crippen LogP contribution in [-0.4, -0.2) is 41.4 Å². The van der Waals surface area contributed by atoms with Gasteiger partial charge in [0, 0.05) is 17.4 Å². The maximum absolute atomic E-state index is 13.9. The van der Waals surface area contributed by atoms with Crippen LogP contribution < -0.4 is 10.6 Å². The van der Waals surface area contributed by atoms with E-state index in [2.05, 4.69) is 26.6 Å². The van der Waals surface area contributed by atoms with Crippen LogP contribution in [0.25, 0.3) is 11.0 Å². The summed E-state index contributed by atoms with van der Waals surface area (Å²) in [7, 11) is 0. The number of aliphatic hydroxyl groups excluding tert-OH is 1. The molecule has 2 amide bonds. The van der Waals surface area contributed by atoms with Crippen LogP contribution in [0.3, 0.4) is 0 Å². The topological polar surface area (TPSA) is 101 Å². The molecule has 40 heavy (non-hydrogen) atoms. The smallest absolute Gasteiger partial charge is 0.408 e. The molecule has 212 valence electrons. The van der Waals surface area contributed by atoms with Gasteiger partial charge in [0.1, 0.15) is 17.2 Å². The van der Waals surface area contributed by atoms with E-state index in [0.29, 0.717) is 28.5 Å². The molecule has 3 aromatic rings. The maximum Gasteiger partial charge on any atom is 0.408 e. The number of hydrogen-bond donors (Lipinski definition) is 3. The maximum atomic E-state index is 13.9. The Hall–Kier alpha value is -2.84. The Morgan fingerprint density at radius 3 is 2.35 bits per heavy atom. The SMILES string of the molecule is CC(Cc1c(Br)oc2ccccc12)(NC(=O)OC1C2CC3CC(C2)CC1C3)C(=O)NC(CO)Cc1ccccc1. The number of halogens is 1. The highest BCUT2D eigenvalue weighted by Crippen LogP contribution is 2.54. The van der Waals surface area contributed by atoms with Crippen LogP contribution in [0.1, 0.15) is 50.2 Å². The van der Waals surface area contributed by atoms with Crippen LogP contribution in [-0.2, 0) is 22.4 Å². The number of aliphatic hydroxyl groups is 1. The second kappa shape index (κ2) is 11.2. The molecule has 7 nitrogen and oxygen atoms in total. The summed E-state index contributed by atoms with van der Waals surface area (Å²) in [5.41, 5.74) is 1.12. The van der Waals surface area contributed by atoms with E-state index in [1.807, 2.05) is 54.6 Å². The van der Waals surface area contributed by atoms with Crippen molar-refractivity contribution >= 4 is 38.9 Å². The average molecular weight is 610 g/mol. The van der Waals surface area contributed by atoms with Gasteiger partial charge in [0.2, 0.25) is 5.91 Å². The van der Waals surface area contributed by atoms with Gasteiger partial charge in [0.05, 0.1) is 12.6 Å². The Labute approximate surface area is 243 Å². The number of carbonyl (C=O) groups is 2. The molecule has 4 aliphatic rings. The summed E-state index contributed by atoms with van der Waals surface area (Å²) in [5.74, 6) is 1.99. The molecule has 0 saturated heterocycles. The van der Waals surface area contributed by atoms with E-state index < -0.39 is 17.7 Å². The third-order valence-corrected chi connectivity index (χ3v) is 9.96. The van der Waals surface area contributed by atoms with Crippen LogP contribution in [0.15, 0.2) is 63.7 Å². The van der Waals surface area contributed by atoms with Crippen molar-refractivity contribution in [3.63, 3.8) is 0 Å². The number of carbonyl (C=O) groups excluding carboxylic acids is 2. The molecule has 1 aromatic heterocycles. The Kier molecular flexibility index (Phi) is 7.66. The van der Waals surface area contributed by atoms with Crippen molar-refractivity contribution in [3.8, 4) is 0 Å². The molecule has 3 N–H and O–H groups in total. The lowest BCUT2D eigenvalue weighted by molar-refractivity contribution is -0.128. The number of rotatable bonds is 9. The number of nitrogens with one attached hydrogen (secondary N) is 2. The van der Waals surface area contributed by atoms with Crippen molar-refractivity contribution in [2.24, 2.45) is 23.7 Å². The zero-order valence-corrected chi connectivity index (χ0v) is 24.4. The summed E-state index contributed by atoms with van der Waals surface area (Å²) >= 11 is 3.53. The van der Waals surface area contributed by atoms with Gasteiger partial charge in [0.15, 0.2) is 4.67 Å². The normalized spacial score (nSPS) is 27.2. The Morgan fingerprint density at radius 2 is 1.68 bits per heavy atom. The van der Waals surface area contributed by atoms with Gasteiger partial charge in [-0.2, -0.15) is 0 Å². The standard InChI is InChI=1S/C32H37BrN2O5/c1-32(17-26-25-9-5-6-10-27(25)39-29(26)33,30(37)34-24(18-36)16-19-7-3-2-4-8-19)35-31(38)40-28-22-12-20-11-21(14-22)15-23(28)13-20/h2-10,20-24,28,36H,11-18H2,1H3,(H,34,37)(H,35,38). The first-order chi connectivity index (χ1) is 19.3. The minimum Gasteiger partial charge on any atom is -0.449 e. The van der Waals surface area contributed by atoms with Crippen LogP contribution in [0.5, 0.6) is 0 Å². The van der Waals surface area contributed by atoms with E-state index in [1.165, 1.54) is 6.42 Å². The van der Waals surface area contributed by atoms with Gasteiger partial charge in [-0.3, -0.25) is 4.79 Å². The highest BCUT2D eigenvalue weighted by atomic mass is 79.9. The van der Waals surface area contributed by atoms with E-state index in [0.717, 1.165) is 54.0 Å². The number of fused-ring (bicyclic) bond motifs is 1. The predicted molar refractivity (Wildman–Crippen MR) is 156 cm³/mol. The van der Waals surface area contributed by atoms with Crippen molar-refractivity contribution < 1.29 is 23.8 Å². The van der Waals surface area contributed by atoms with Gasteiger partial charge in [-0.15, -0.1) is 0 Å². The van der Waals surface area contributed by atoms with Gasteiger partial charge in [-0.1, -0.05) is 48.5 Å². The third kappa shape index (κ3) is 5.53. The molecule has 7 rings (SSSR count). The van der Waals surface area contributed by atoms with Gasteiger partial charge in [-0.25, -0.2) is 4.79 Å². The molecule has 1 heterocycles. The Bertz CT molecular complexity index is 1350. The molecule has 0 spiro atoms.